The van der Waals surface area contributed by atoms with Gasteiger partial charge in [0, 0.05) is 12.1 Å². The second-order valence-electron chi connectivity index (χ2n) is 2.58. The molecule has 12 heavy (non-hydrogen) atoms. The molecule has 0 amide bonds. The first kappa shape index (κ1) is 8.77. The highest BCUT2D eigenvalue weighted by molar-refractivity contribution is 5.95. The number of hydrogen-bond acceptors (Lipinski definition) is 3. The van der Waals surface area contributed by atoms with Crippen LogP contribution in [0.5, 0.6) is 0 Å². The van der Waals surface area contributed by atoms with Crippen LogP contribution in [0.15, 0.2) is 0 Å². The van der Waals surface area contributed by atoms with Crippen molar-refractivity contribution in [3.8, 4) is 0 Å². The predicted molar refractivity (Wildman–Crippen MR) is 47.0 cm³/mol. The molecular formula is C8H13N3O. The second kappa shape index (κ2) is 3.38. The normalized spacial score (nSPS) is 10.2. The van der Waals surface area contributed by atoms with Crippen LogP contribution in [0.3, 0.4) is 0 Å². The van der Waals surface area contributed by atoms with E-state index in [4.69, 9.17) is 5.73 Å². The van der Waals surface area contributed by atoms with E-state index < -0.39 is 0 Å². The summed E-state index contributed by atoms with van der Waals surface area (Å²) >= 11 is 0. The van der Waals surface area contributed by atoms with Crippen LogP contribution in [-0.4, -0.2) is 15.8 Å². The number of imidazole rings is 1. The number of aromatic amines is 1. The maximum Gasteiger partial charge on any atom is 0.198 e. The highest BCUT2D eigenvalue weighted by atomic mass is 16.1. The van der Waals surface area contributed by atoms with E-state index in [-0.39, 0.29) is 5.78 Å². The summed E-state index contributed by atoms with van der Waals surface area (Å²) in [6.45, 7) is 3.77. The lowest BCUT2D eigenvalue weighted by Gasteiger charge is -1.94. The van der Waals surface area contributed by atoms with Gasteiger partial charge in [0.15, 0.2) is 11.7 Å². The van der Waals surface area contributed by atoms with Gasteiger partial charge in [-0.3, -0.25) is 4.79 Å². The zero-order chi connectivity index (χ0) is 9.14. The van der Waals surface area contributed by atoms with Gasteiger partial charge in [0.05, 0.1) is 0 Å². The van der Waals surface area contributed by atoms with Gasteiger partial charge in [-0.25, -0.2) is 4.98 Å². The average molecular weight is 167 g/mol. The smallest absolute Gasteiger partial charge is 0.198 e. The summed E-state index contributed by atoms with van der Waals surface area (Å²) in [5, 5.41) is 0. The molecule has 1 aromatic heterocycles. The molecule has 66 valence electrons. The third kappa shape index (κ3) is 1.47. The summed E-state index contributed by atoms with van der Waals surface area (Å²) in [7, 11) is 0. The number of Topliss-reactive ketones (excluding diaryl/α,β-unsaturated/α-hetero) is 1. The zero-order valence-electron chi connectivity index (χ0n) is 7.35. The largest absolute Gasteiger partial charge is 0.369 e. The molecule has 3 N–H and O–H groups in total. The first-order valence-corrected chi connectivity index (χ1v) is 4.06. The molecule has 0 aliphatic heterocycles. The Kier molecular flexibility index (Phi) is 2.47. The Balaban J connectivity index is 3.04. The molecule has 0 spiro atoms. The van der Waals surface area contributed by atoms with Crippen LogP contribution in [0, 0.1) is 0 Å². The monoisotopic (exact) mass is 167 g/mol. The van der Waals surface area contributed by atoms with E-state index in [9.17, 15) is 4.79 Å². The predicted octanol–water partition coefficient (Wildman–Crippen LogP) is 1.15. The van der Waals surface area contributed by atoms with Crippen molar-refractivity contribution in [2.45, 2.75) is 26.7 Å². The fourth-order valence-corrected chi connectivity index (χ4v) is 1.08. The number of aryl methyl sites for hydroxylation is 1. The summed E-state index contributed by atoms with van der Waals surface area (Å²) in [5.41, 5.74) is 6.76. The van der Waals surface area contributed by atoms with Crippen LogP contribution in [0.25, 0.3) is 0 Å². The third-order valence-electron chi connectivity index (χ3n) is 1.74. The summed E-state index contributed by atoms with van der Waals surface area (Å²) in [6.07, 6.45) is 1.22. The Morgan fingerprint density at radius 2 is 2.25 bits per heavy atom. The van der Waals surface area contributed by atoms with Crippen molar-refractivity contribution in [2.75, 3.05) is 5.73 Å². The lowest BCUT2D eigenvalue weighted by Crippen LogP contribution is -2.01. The number of H-pyrrole nitrogens is 1. The minimum atomic E-state index is 0.0415. The lowest BCUT2D eigenvalue weighted by atomic mass is 10.1. The zero-order valence-corrected chi connectivity index (χ0v) is 7.35. The summed E-state index contributed by atoms with van der Waals surface area (Å²) in [6, 6.07) is 0. The van der Waals surface area contributed by atoms with E-state index in [1.54, 1.807) is 0 Å². The van der Waals surface area contributed by atoms with E-state index in [1.807, 2.05) is 13.8 Å². The Bertz CT molecular complexity index is 290. The fourth-order valence-electron chi connectivity index (χ4n) is 1.08. The van der Waals surface area contributed by atoms with Crippen molar-refractivity contribution in [1.29, 1.82) is 0 Å². The first-order valence-electron chi connectivity index (χ1n) is 4.06. The molecule has 4 heteroatoms. The molecule has 0 aromatic carbocycles. The highest BCUT2D eigenvalue weighted by Crippen LogP contribution is 2.10. The summed E-state index contributed by atoms with van der Waals surface area (Å²) < 4.78 is 0. The molecular weight excluding hydrogens is 154 g/mol. The van der Waals surface area contributed by atoms with E-state index in [1.165, 1.54) is 0 Å². The molecule has 0 unspecified atom stereocenters. The number of nitrogen functional groups attached to an aromatic ring is 1. The van der Waals surface area contributed by atoms with Crippen molar-refractivity contribution in [2.24, 2.45) is 0 Å². The molecule has 0 aliphatic rings. The molecule has 1 aromatic rings. The molecule has 4 nitrogen and oxygen atoms in total. The maximum atomic E-state index is 11.3. The fraction of sp³-hybridized carbons (Fsp3) is 0.500. The molecule has 0 fully saturated rings. The topological polar surface area (TPSA) is 71.8 Å². The SMILES string of the molecule is CCC(=O)c1nc(N)[nH]c1CC. The quantitative estimate of drug-likeness (QED) is 0.663. The number of carbonyl (C=O) groups excluding carboxylic acids is 1. The number of nitrogens with zero attached hydrogens (tertiary/aromatic N) is 1. The van der Waals surface area contributed by atoms with Crippen LogP contribution < -0.4 is 5.73 Å². The number of nitrogens with one attached hydrogen (secondary N) is 1. The number of aromatic nitrogens is 2. The van der Waals surface area contributed by atoms with Gasteiger partial charge in [0.25, 0.3) is 0 Å². The van der Waals surface area contributed by atoms with Gasteiger partial charge in [-0.2, -0.15) is 0 Å². The summed E-state index contributed by atoms with van der Waals surface area (Å²) in [4.78, 5) is 18.0. The minimum Gasteiger partial charge on any atom is -0.369 e. The van der Waals surface area contributed by atoms with E-state index >= 15 is 0 Å². The molecule has 0 aliphatic carbocycles. The van der Waals surface area contributed by atoms with Crippen molar-refractivity contribution in [3.63, 3.8) is 0 Å². The number of anilines is 1. The number of hydrogen-bond donors (Lipinski definition) is 2. The van der Waals surface area contributed by atoms with Crippen LogP contribution in [0.1, 0.15) is 36.5 Å². The Hall–Kier alpha value is -1.32. The Labute approximate surface area is 71.2 Å². The molecule has 0 bridgehead atoms. The number of carbonyl (C=O) groups is 1. The van der Waals surface area contributed by atoms with Gasteiger partial charge in [0.2, 0.25) is 0 Å². The molecule has 0 atom stereocenters. The molecule has 0 saturated heterocycles. The number of rotatable bonds is 3. The van der Waals surface area contributed by atoms with Crippen molar-refractivity contribution in [1.82, 2.24) is 9.97 Å². The van der Waals surface area contributed by atoms with Crippen LogP contribution in [-0.2, 0) is 6.42 Å². The van der Waals surface area contributed by atoms with Crippen LogP contribution in [0.2, 0.25) is 0 Å². The van der Waals surface area contributed by atoms with Crippen LogP contribution >= 0.6 is 0 Å². The number of ketones is 1. The van der Waals surface area contributed by atoms with Crippen molar-refractivity contribution >= 4 is 11.7 Å². The van der Waals surface area contributed by atoms with Gasteiger partial charge >= 0.3 is 0 Å². The van der Waals surface area contributed by atoms with Crippen molar-refractivity contribution in [3.05, 3.63) is 11.4 Å². The van der Waals surface area contributed by atoms with Gasteiger partial charge in [-0.1, -0.05) is 13.8 Å². The molecule has 1 rings (SSSR count). The maximum absolute atomic E-state index is 11.3. The Morgan fingerprint density at radius 1 is 1.58 bits per heavy atom. The standard InChI is InChI=1S/C8H13N3O/c1-3-5-7(6(12)4-2)11-8(9)10-5/h3-4H2,1-2H3,(H3,9,10,11). The average Bonchev–Trinajstić information content (AvgIpc) is 2.45. The van der Waals surface area contributed by atoms with E-state index in [0.29, 0.717) is 18.1 Å². The summed E-state index contributed by atoms with van der Waals surface area (Å²) in [5.74, 6) is 0.364. The third-order valence-corrected chi connectivity index (χ3v) is 1.74. The van der Waals surface area contributed by atoms with Gasteiger partial charge in [-0.05, 0) is 6.42 Å². The van der Waals surface area contributed by atoms with Gasteiger partial charge in [0.1, 0.15) is 5.69 Å². The molecule has 0 saturated carbocycles. The Morgan fingerprint density at radius 3 is 2.75 bits per heavy atom. The van der Waals surface area contributed by atoms with Crippen molar-refractivity contribution < 1.29 is 4.79 Å². The minimum absolute atomic E-state index is 0.0415. The van der Waals surface area contributed by atoms with Crippen LogP contribution in [0.4, 0.5) is 5.95 Å². The number of nitrogens with two attached hydrogens (primary N) is 1. The highest BCUT2D eigenvalue weighted by Gasteiger charge is 2.12. The van der Waals surface area contributed by atoms with Gasteiger partial charge < -0.3 is 10.7 Å². The first-order chi connectivity index (χ1) is 5.69. The van der Waals surface area contributed by atoms with E-state index in [0.717, 1.165) is 12.1 Å². The molecule has 0 radical (unpaired) electrons. The lowest BCUT2D eigenvalue weighted by molar-refractivity contribution is 0.0983. The van der Waals surface area contributed by atoms with E-state index in [2.05, 4.69) is 9.97 Å². The van der Waals surface area contributed by atoms with Gasteiger partial charge in [-0.15, -0.1) is 0 Å². The second-order valence-corrected chi connectivity index (χ2v) is 2.58. The molecule has 1 heterocycles.